The number of aliphatic hydroxyl groups excluding tert-OH is 2. The van der Waals surface area contributed by atoms with Gasteiger partial charge in [0.2, 0.25) is 0 Å². The molecule has 0 radical (unpaired) electrons. The van der Waals surface area contributed by atoms with Crippen molar-refractivity contribution in [3.63, 3.8) is 0 Å². The van der Waals surface area contributed by atoms with Crippen LogP contribution in [0.5, 0.6) is 0 Å². The summed E-state index contributed by atoms with van der Waals surface area (Å²) < 4.78 is 6.19. The van der Waals surface area contributed by atoms with Gasteiger partial charge >= 0.3 is 0 Å². The van der Waals surface area contributed by atoms with Crippen molar-refractivity contribution in [2.45, 2.75) is 103 Å². The van der Waals surface area contributed by atoms with Crippen LogP contribution >= 0.6 is 0 Å². The molecule has 0 heterocycles. The van der Waals surface area contributed by atoms with E-state index < -0.39 is 17.8 Å². The molecule has 0 aromatic rings. The average Bonchev–Trinajstić information content (AvgIpc) is 3.00. The second kappa shape index (κ2) is 9.28. The van der Waals surface area contributed by atoms with Crippen LogP contribution in [0.3, 0.4) is 0 Å². The first-order valence-electron chi connectivity index (χ1n) is 11.8. The Morgan fingerprint density at radius 1 is 1.27 bits per heavy atom. The van der Waals surface area contributed by atoms with Gasteiger partial charge in [-0.1, -0.05) is 31.2 Å². The third-order valence-electron chi connectivity index (χ3n) is 7.96. The summed E-state index contributed by atoms with van der Waals surface area (Å²) in [5.74, 6) is 1.11. The zero-order valence-corrected chi connectivity index (χ0v) is 19.4. The van der Waals surface area contributed by atoms with Gasteiger partial charge in [-0.2, -0.15) is 0 Å². The van der Waals surface area contributed by atoms with Gasteiger partial charge in [0.05, 0.1) is 23.9 Å². The number of ether oxygens (including phenoxy) is 1. The predicted molar refractivity (Wildman–Crippen MR) is 121 cm³/mol. The van der Waals surface area contributed by atoms with Crippen molar-refractivity contribution in [2.24, 2.45) is 17.3 Å². The molecule has 3 fully saturated rings. The van der Waals surface area contributed by atoms with Crippen LogP contribution in [0.4, 0.5) is 0 Å². The molecule has 0 bridgehead atoms. The Hall–Kier alpha value is -0.940. The number of fused-ring (bicyclic) bond motifs is 1. The van der Waals surface area contributed by atoms with Gasteiger partial charge in [-0.15, -0.1) is 0 Å². The summed E-state index contributed by atoms with van der Waals surface area (Å²) in [6.07, 6.45) is 11.0. The number of allylic oxidation sites excluding steroid dienone is 3. The lowest BCUT2D eigenvalue weighted by Crippen LogP contribution is -2.39. The van der Waals surface area contributed by atoms with E-state index in [9.17, 15) is 15.3 Å². The summed E-state index contributed by atoms with van der Waals surface area (Å²) >= 11 is 0. The van der Waals surface area contributed by atoms with E-state index in [4.69, 9.17) is 4.74 Å². The summed E-state index contributed by atoms with van der Waals surface area (Å²) in [5, 5.41) is 30.1. The molecular weight excluding hydrogens is 376 g/mol. The zero-order valence-electron chi connectivity index (χ0n) is 19.4. The highest BCUT2D eigenvalue weighted by Gasteiger charge is 2.51. The fraction of sp³-hybridized carbons (Fsp3) is 0.769. The normalized spacial score (nSPS) is 38.8. The van der Waals surface area contributed by atoms with E-state index in [0.29, 0.717) is 37.7 Å². The minimum atomic E-state index is -0.680. The van der Waals surface area contributed by atoms with Crippen molar-refractivity contribution in [3.05, 3.63) is 35.5 Å². The molecule has 3 N–H and O–H groups in total. The average molecular weight is 419 g/mol. The van der Waals surface area contributed by atoms with Gasteiger partial charge in [-0.25, -0.2) is 0 Å². The number of hydrogen-bond acceptors (Lipinski definition) is 4. The third-order valence-corrected chi connectivity index (χ3v) is 7.96. The first kappa shape index (κ1) is 23.7. The predicted octanol–water partition coefficient (Wildman–Crippen LogP) is 4.69. The van der Waals surface area contributed by atoms with Crippen LogP contribution in [-0.2, 0) is 4.74 Å². The van der Waals surface area contributed by atoms with Crippen molar-refractivity contribution in [1.29, 1.82) is 0 Å². The molecule has 1 unspecified atom stereocenters. The number of hydrogen-bond donors (Lipinski definition) is 3. The van der Waals surface area contributed by atoms with E-state index in [0.717, 1.165) is 17.6 Å². The fourth-order valence-corrected chi connectivity index (χ4v) is 6.13. The summed E-state index contributed by atoms with van der Waals surface area (Å²) in [6.45, 7) is 13.0. The zero-order chi connectivity index (χ0) is 22.1. The third kappa shape index (κ3) is 5.27. The Kier molecular flexibility index (Phi) is 7.33. The molecule has 0 aromatic heterocycles. The van der Waals surface area contributed by atoms with Crippen LogP contribution in [0.15, 0.2) is 35.5 Å². The Labute approximate surface area is 182 Å². The fourth-order valence-electron chi connectivity index (χ4n) is 6.13. The molecule has 3 rings (SSSR count). The van der Waals surface area contributed by atoms with E-state index in [1.165, 1.54) is 31.3 Å². The van der Waals surface area contributed by atoms with Crippen molar-refractivity contribution in [2.75, 3.05) is 6.61 Å². The van der Waals surface area contributed by atoms with Gasteiger partial charge in [0.1, 0.15) is 0 Å². The SMILES string of the molecule is C=C1/C(=C\C=C2/CCC[C@]3(C)[C@@H](C(C)OCCC(C)(C)O)CC[C@@H]23)C[C@@H](O)C[C@@H]1O. The van der Waals surface area contributed by atoms with E-state index in [2.05, 4.69) is 32.6 Å². The van der Waals surface area contributed by atoms with E-state index in [-0.39, 0.29) is 11.5 Å². The molecule has 3 aliphatic rings. The van der Waals surface area contributed by atoms with Crippen LogP contribution in [-0.4, -0.2) is 45.8 Å². The van der Waals surface area contributed by atoms with Gasteiger partial charge in [-0.3, -0.25) is 0 Å². The number of rotatable bonds is 6. The molecule has 4 nitrogen and oxygen atoms in total. The smallest absolute Gasteiger partial charge is 0.0811 e. The molecule has 6 atom stereocenters. The van der Waals surface area contributed by atoms with Crippen LogP contribution in [0.25, 0.3) is 0 Å². The van der Waals surface area contributed by atoms with Crippen LogP contribution in [0.1, 0.15) is 79.1 Å². The molecule has 0 spiro atoms. The summed E-state index contributed by atoms with van der Waals surface area (Å²) in [6, 6.07) is 0. The van der Waals surface area contributed by atoms with Gasteiger partial charge in [0.15, 0.2) is 0 Å². The molecule has 4 heteroatoms. The summed E-state index contributed by atoms with van der Waals surface area (Å²) in [4.78, 5) is 0. The van der Waals surface area contributed by atoms with Crippen LogP contribution in [0, 0.1) is 17.3 Å². The Balaban J connectivity index is 1.70. The molecule has 0 amide bonds. The second-order valence-electron chi connectivity index (χ2n) is 10.8. The van der Waals surface area contributed by atoms with Crippen LogP contribution < -0.4 is 0 Å². The highest BCUT2D eigenvalue weighted by atomic mass is 16.5. The van der Waals surface area contributed by atoms with Crippen LogP contribution in [0.2, 0.25) is 0 Å². The first-order chi connectivity index (χ1) is 14.0. The second-order valence-corrected chi connectivity index (χ2v) is 10.8. The lowest BCUT2D eigenvalue weighted by atomic mass is 9.62. The molecule has 3 aliphatic carbocycles. The van der Waals surface area contributed by atoms with Gasteiger partial charge in [0, 0.05) is 13.0 Å². The Morgan fingerprint density at radius 3 is 2.70 bits per heavy atom. The monoisotopic (exact) mass is 418 g/mol. The first-order valence-corrected chi connectivity index (χ1v) is 11.8. The topological polar surface area (TPSA) is 69.9 Å². The minimum absolute atomic E-state index is 0.198. The lowest BCUT2D eigenvalue weighted by molar-refractivity contribution is -0.0454. The Bertz CT molecular complexity index is 686. The van der Waals surface area contributed by atoms with Gasteiger partial charge < -0.3 is 20.1 Å². The maximum absolute atomic E-state index is 10.1. The van der Waals surface area contributed by atoms with Gasteiger partial charge in [-0.05, 0) is 94.1 Å². The van der Waals surface area contributed by atoms with E-state index >= 15 is 0 Å². The standard InChI is InChI=1S/C26H42O4/c1-17-20(15-21(27)16-24(17)28)9-8-19-7-6-12-26(5)22(10-11-23(19)26)18(2)30-14-13-25(3,4)29/h8-9,18,21-24,27-29H,1,6-7,10-16H2,2-5H3/b19-8+,20-9-/t18?,21-,22-,23+,24+,26-/m1/s1. The molecule has 170 valence electrons. The lowest BCUT2D eigenvalue weighted by Gasteiger charge is -2.44. The largest absolute Gasteiger partial charge is 0.393 e. The minimum Gasteiger partial charge on any atom is -0.393 e. The molecule has 0 aromatic carbocycles. The van der Waals surface area contributed by atoms with E-state index in [1.54, 1.807) is 0 Å². The Morgan fingerprint density at radius 2 is 2.00 bits per heavy atom. The molecule has 30 heavy (non-hydrogen) atoms. The van der Waals surface area contributed by atoms with Crippen molar-refractivity contribution in [3.8, 4) is 0 Å². The van der Waals surface area contributed by atoms with Crippen molar-refractivity contribution >= 4 is 0 Å². The molecular formula is C26H42O4. The van der Waals surface area contributed by atoms with E-state index in [1.807, 2.05) is 13.8 Å². The molecule has 0 saturated heterocycles. The van der Waals surface area contributed by atoms with Crippen molar-refractivity contribution in [1.82, 2.24) is 0 Å². The highest BCUT2D eigenvalue weighted by molar-refractivity contribution is 5.38. The summed E-state index contributed by atoms with van der Waals surface area (Å²) in [5.41, 5.74) is 2.82. The quantitative estimate of drug-likeness (QED) is 0.585. The maximum atomic E-state index is 10.1. The number of aliphatic hydroxyl groups is 3. The molecule has 3 saturated carbocycles. The maximum Gasteiger partial charge on any atom is 0.0811 e. The molecule has 0 aliphatic heterocycles. The highest BCUT2D eigenvalue weighted by Crippen LogP contribution is 2.58. The summed E-state index contributed by atoms with van der Waals surface area (Å²) in [7, 11) is 0. The van der Waals surface area contributed by atoms with Gasteiger partial charge in [0.25, 0.3) is 0 Å². The van der Waals surface area contributed by atoms with Crippen molar-refractivity contribution < 1.29 is 20.1 Å².